The Bertz CT molecular complexity index is 626. The molecule has 0 aliphatic heterocycles. The molecule has 0 radical (unpaired) electrons. The minimum absolute atomic E-state index is 0.125. The minimum atomic E-state index is -0.483. The summed E-state index contributed by atoms with van der Waals surface area (Å²) in [4.78, 5) is 11.8. The van der Waals surface area contributed by atoms with Gasteiger partial charge in [0, 0.05) is 12.1 Å². The molecule has 0 aliphatic rings. The number of anilines is 2. The number of hydrogen-bond donors (Lipinski definition) is 2. The summed E-state index contributed by atoms with van der Waals surface area (Å²) in [5, 5.41) is 2.55. The van der Waals surface area contributed by atoms with Crippen molar-refractivity contribution in [2.24, 2.45) is 0 Å². The molecule has 20 heavy (non-hydrogen) atoms. The summed E-state index contributed by atoms with van der Waals surface area (Å²) >= 11 is 0. The Hall–Kier alpha value is -2.36. The van der Waals surface area contributed by atoms with Crippen molar-refractivity contribution in [3.05, 3.63) is 59.4 Å². The van der Waals surface area contributed by atoms with Crippen LogP contribution < -0.4 is 11.1 Å². The highest BCUT2D eigenvalue weighted by atomic mass is 19.1. The number of nitrogens with one attached hydrogen (secondary N) is 1. The molecule has 0 saturated heterocycles. The topological polar surface area (TPSA) is 55.1 Å². The van der Waals surface area contributed by atoms with Gasteiger partial charge in [-0.3, -0.25) is 4.79 Å². The first-order valence-corrected chi connectivity index (χ1v) is 6.45. The number of nitrogen functional groups attached to an aromatic ring is 1. The fourth-order valence-corrected chi connectivity index (χ4v) is 1.99. The van der Waals surface area contributed by atoms with E-state index < -0.39 is 5.82 Å². The maximum atomic E-state index is 13.5. The maximum Gasteiger partial charge on any atom is 0.224 e. The van der Waals surface area contributed by atoms with Crippen LogP contribution in [0.3, 0.4) is 0 Å². The Morgan fingerprint density at radius 1 is 1.25 bits per heavy atom. The van der Waals surface area contributed by atoms with Crippen molar-refractivity contribution >= 4 is 17.3 Å². The van der Waals surface area contributed by atoms with E-state index in [1.54, 1.807) is 0 Å². The van der Waals surface area contributed by atoms with E-state index in [0.717, 1.165) is 11.1 Å². The van der Waals surface area contributed by atoms with Crippen molar-refractivity contribution in [1.29, 1.82) is 0 Å². The third kappa shape index (κ3) is 3.57. The number of halogens is 1. The Morgan fingerprint density at radius 2 is 2.00 bits per heavy atom. The number of benzene rings is 2. The first-order valence-electron chi connectivity index (χ1n) is 6.45. The third-order valence-electron chi connectivity index (χ3n) is 3.15. The van der Waals surface area contributed by atoms with Gasteiger partial charge in [0.25, 0.3) is 0 Å². The van der Waals surface area contributed by atoms with E-state index in [4.69, 9.17) is 5.73 Å². The van der Waals surface area contributed by atoms with E-state index in [1.165, 1.54) is 18.2 Å². The van der Waals surface area contributed by atoms with Crippen molar-refractivity contribution < 1.29 is 9.18 Å². The second-order valence-electron chi connectivity index (χ2n) is 4.71. The van der Waals surface area contributed by atoms with Crippen LogP contribution in [0.4, 0.5) is 15.8 Å². The second-order valence-corrected chi connectivity index (χ2v) is 4.71. The van der Waals surface area contributed by atoms with Gasteiger partial charge in [0.05, 0.1) is 5.69 Å². The van der Waals surface area contributed by atoms with Crippen LogP contribution in [-0.4, -0.2) is 5.91 Å². The number of rotatable bonds is 4. The molecular formula is C16H17FN2O. The quantitative estimate of drug-likeness (QED) is 0.839. The van der Waals surface area contributed by atoms with E-state index in [0.29, 0.717) is 18.5 Å². The monoisotopic (exact) mass is 272 g/mol. The molecule has 0 aliphatic carbocycles. The van der Waals surface area contributed by atoms with Gasteiger partial charge < -0.3 is 11.1 Å². The summed E-state index contributed by atoms with van der Waals surface area (Å²) < 4.78 is 13.5. The van der Waals surface area contributed by atoms with Crippen molar-refractivity contribution in [2.45, 2.75) is 19.8 Å². The van der Waals surface area contributed by atoms with Crippen LogP contribution in [-0.2, 0) is 11.2 Å². The molecule has 3 N–H and O–H groups in total. The van der Waals surface area contributed by atoms with Gasteiger partial charge in [-0.25, -0.2) is 4.39 Å². The molecular weight excluding hydrogens is 255 g/mol. The first-order chi connectivity index (χ1) is 9.56. The third-order valence-corrected chi connectivity index (χ3v) is 3.15. The largest absolute Gasteiger partial charge is 0.399 e. The smallest absolute Gasteiger partial charge is 0.224 e. The highest BCUT2D eigenvalue weighted by Gasteiger charge is 2.08. The fraction of sp³-hybridized carbons (Fsp3) is 0.188. The average Bonchev–Trinajstić information content (AvgIpc) is 2.42. The molecule has 0 unspecified atom stereocenters. The number of carbonyl (C=O) groups excluding carboxylic acids is 1. The van der Waals surface area contributed by atoms with E-state index in [9.17, 15) is 9.18 Å². The summed E-state index contributed by atoms with van der Waals surface area (Å²) in [6.45, 7) is 2.00. The lowest BCUT2D eigenvalue weighted by Crippen LogP contribution is -2.14. The molecule has 0 spiro atoms. The number of nitrogens with two attached hydrogens (primary N) is 1. The van der Waals surface area contributed by atoms with Crippen molar-refractivity contribution in [2.75, 3.05) is 11.1 Å². The number of amides is 1. The molecule has 3 nitrogen and oxygen atoms in total. The van der Waals surface area contributed by atoms with Gasteiger partial charge in [0.15, 0.2) is 0 Å². The normalized spacial score (nSPS) is 10.3. The lowest BCUT2D eigenvalue weighted by atomic mass is 10.0. The SMILES string of the molecule is Cc1ccccc1CCC(=O)Nc1cc(N)ccc1F. The van der Waals surface area contributed by atoms with Crippen LogP contribution in [0.5, 0.6) is 0 Å². The van der Waals surface area contributed by atoms with E-state index in [1.807, 2.05) is 31.2 Å². The molecule has 0 fully saturated rings. The van der Waals surface area contributed by atoms with Gasteiger partial charge in [-0.15, -0.1) is 0 Å². The molecule has 0 aromatic heterocycles. The Balaban J connectivity index is 1.96. The predicted octanol–water partition coefficient (Wildman–Crippen LogP) is 3.29. The van der Waals surface area contributed by atoms with E-state index in [2.05, 4.69) is 5.32 Å². The lowest BCUT2D eigenvalue weighted by Gasteiger charge is -2.08. The molecule has 0 atom stereocenters. The summed E-state index contributed by atoms with van der Waals surface area (Å²) in [5.74, 6) is -0.707. The van der Waals surface area contributed by atoms with Crippen LogP contribution in [0.15, 0.2) is 42.5 Å². The molecule has 1 amide bonds. The summed E-state index contributed by atoms with van der Waals surface area (Å²) in [6.07, 6.45) is 0.932. The average molecular weight is 272 g/mol. The van der Waals surface area contributed by atoms with Gasteiger partial charge in [0.2, 0.25) is 5.91 Å². The van der Waals surface area contributed by atoms with Gasteiger partial charge >= 0.3 is 0 Å². The molecule has 0 bridgehead atoms. The van der Waals surface area contributed by atoms with Crippen LogP contribution >= 0.6 is 0 Å². The number of aryl methyl sites for hydroxylation is 2. The van der Waals surface area contributed by atoms with Gasteiger partial charge in [0.1, 0.15) is 5.82 Å². The van der Waals surface area contributed by atoms with Crippen molar-refractivity contribution in [3.63, 3.8) is 0 Å². The van der Waals surface area contributed by atoms with Gasteiger partial charge in [-0.1, -0.05) is 24.3 Å². The second kappa shape index (κ2) is 6.19. The molecule has 4 heteroatoms. The van der Waals surface area contributed by atoms with Crippen LogP contribution in [0, 0.1) is 12.7 Å². The fourth-order valence-electron chi connectivity index (χ4n) is 1.99. The zero-order chi connectivity index (χ0) is 14.5. The van der Waals surface area contributed by atoms with Gasteiger partial charge in [-0.2, -0.15) is 0 Å². The first kappa shape index (κ1) is 14.1. The van der Waals surface area contributed by atoms with E-state index in [-0.39, 0.29) is 11.6 Å². The molecule has 0 heterocycles. The summed E-state index contributed by atoms with van der Waals surface area (Å²) in [5.41, 5.74) is 8.38. The summed E-state index contributed by atoms with van der Waals surface area (Å²) in [7, 11) is 0. The zero-order valence-corrected chi connectivity index (χ0v) is 11.3. The highest BCUT2D eigenvalue weighted by Crippen LogP contribution is 2.18. The van der Waals surface area contributed by atoms with Gasteiger partial charge in [-0.05, 0) is 42.7 Å². The number of hydrogen-bond acceptors (Lipinski definition) is 2. The number of carbonyl (C=O) groups is 1. The Morgan fingerprint density at radius 3 is 2.75 bits per heavy atom. The Kier molecular flexibility index (Phi) is 4.35. The maximum absolute atomic E-state index is 13.5. The van der Waals surface area contributed by atoms with Crippen molar-refractivity contribution in [3.8, 4) is 0 Å². The predicted molar refractivity (Wildman–Crippen MR) is 78.9 cm³/mol. The molecule has 2 aromatic rings. The molecule has 2 aromatic carbocycles. The molecule has 104 valence electrons. The van der Waals surface area contributed by atoms with Crippen LogP contribution in [0.25, 0.3) is 0 Å². The van der Waals surface area contributed by atoms with Crippen LogP contribution in [0.1, 0.15) is 17.5 Å². The standard InChI is InChI=1S/C16H17FN2O/c1-11-4-2-3-5-12(11)6-9-16(20)19-15-10-13(18)7-8-14(15)17/h2-5,7-8,10H,6,9,18H2,1H3,(H,19,20). The Labute approximate surface area is 117 Å². The summed E-state index contributed by atoms with van der Waals surface area (Å²) in [6, 6.07) is 12.0. The van der Waals surface area contributed by atoms with Crippen molar-refractivity contribution in [1.82, 2.24) is 0 Å². The molecule has 2 rings (SSSR count). The lowest BCUT2D eigenvalue weighted by molar-refractivity contribution is -0.116. The molecule has 0 saturated carbocycles. The van der Waals surface area contributed by atoms with E-state index >= 15 is 0 Å². The minimum Gasteiger partial charge on any atom is -0.399 e. The highest BCUT2D eigenvalue weighted by molar-refractivity contribution is 5.91. The zero-order valence-electron chi connectivity index (χ0n) is 11.3. The van der Waals surface area contributed by atoms with Crippen LogP contribution in [0.2, 0.25) is 0 Å².